The van der Waals surface area contributed by atoms with E-state index >= 15 is 0 Å². The minimum atomic E-state index is -4.01. The zero-order chi connectivity index (χ0) is 16.2. The number of hydrogen-bond donors (Lipinski definition) is 0. The summed E-state index contributed by atoms with van der Waals surface area (Å²) in [6, 6.07) is 8.34. The molecule has 0 amide bonds. The van der Waals surface area contributed by atoms with Crippen molar-refractivity contribution in [3.63, 3.8) is 0 Å². The van der Waals surface area contributed by atoms with Crippen LogP contribution in [-0.4, -0.2) is 19.3 Å². The molecule has 0 saturated carbocycles. The number of halogens is 1. The molecule has 5 nitrogen and oxygen atoms in total. The van der Waals surface area contributed by atoms with Gasteiger partial charge in [0.2, 0.25) is 0 Å². The Morgan fingerprint density at radius 1 is 1.35 bits per heavy atom. The van der Waals surface area contributed by atoms with Gasteiger partial charge < -0.3 is 5.11 Å². The topological polar surface area (TPSA) is 82.5 Å². The minimum Gasteiger partial charge on any atom is -0.858 e. The van der Waals surface area contributed by atoms with Crippen LogP contribution in [0.25, 0.3) is 6.08 Å². The van der Waals surface area contributed by atoms with Crippen LogP contribution >= 0.6 is 15.9 Å². The minimum absolute atomic E-state index is 0. The quantitative estimate of drug-likeness (QED) is 0.383. The predicted octanol–water partition coefficient (Wildman–Crippen LogP) is -0.736. The molecule has 1 heterocycles. The number of sulfonamides is 1. The summed E-state index contributed by atoms with van der Waals surface area (Å²) in [7, 11) is -4.01. The van der Waals surface area contributed by atoms with Crippen LogP contribution in [-0.2, 0) is 10.0 Å². The second-order valence-corrected chi connectivity index (χ2v) is 6.82. The number of aromatic nitrogens is 1. The van der Waals surface area contributed by atoms with Gasteiger partial charge in [-0.05, 0) is 36.3 Å². The van der Waals surface area contributed by atoms with Crippen LogP contribution in [0.2, 0.25) is 0 Å². The Bertz CT molecular complexity index is 837. The number of rotatable bonds is 4. The maximum Gasteiger partial charge on any atom is 1.00 e. The van der Waals surface area contributed by atoms with Gasteiger partial charge in [0, 0.05) is 28.3 Å². The van der Waals surface area contributed by atoms with E-state index < -0.39 is 15.9 Å². The van der Waals surface area contributed by atoms with Crippen molar-refractivity contribution in [1.82, 2.24) is 4.98 Å². The van der Waals surface area contributed by atoms with Crippen LogP contribution in [0.4, 0.5) is 0 Å². The summed E-state index contributed by atoms with van der Waals surface area (Å²) in [5.41, 5.74) is 1.75. The molecule has 0 aliphatic rings. The van der Waals surface area contributed by atoms with E-state index in [2.05, 4.69) is 25.3 Å². The van der Waals surface area contributed by atoms with Crippen molar-refractivity contribution in [3.8, 4) is 0 Å². The van der Waals surface area contributed by atoms with Crippen LogP contribution in [0.3, 0.4) is 0 Å². The van der Waals surface area contributed by atoms with E-state index in [1.54, 1.807) is 30.5 Å². The molecule has 0 saturated heterocycles. The van der Waals surface area contributed by atoms with Crippen LogP contribution < -0.4 is 34.7 Å². The van der Waals surface area contributed by atoms with Crippen molar-refractivity contribution in [2.45, 2.75) is 6.92 Å². The van der Waals surface area contributed by atoms with E-state index in [4.69, 9.17) is 0 Å². The molecule has 0 bridgehead atoms. The Hall–Kier alpha value is -0.990. The van der Waals surface area contributed by atoms with Gasteiger partial charge in [-0.3, -0.25) is 4.98 Å². The molecule has 0 aliphatic carbocycles. The van der Waals surface area contributed by atoms with E-state index in [-0.39, 0.29) is 35.1 Å². The first-order valence-electron chi connectivity index (χ1n) is 6.24. The normalized spacial score (nSPS) is 12.2. The number of aryl methyl sites for hydroxylation is 1. The number of benzene rings is 1. The van der Waals surface area contributed by atoms with Gasteiger partial charge >= 0.3 is 29.6 Å². The molecule has 0 N–H and O–H groups in total. The Balaban J connectivity index is 0.00000264. The molecule has 0 spiro atoms. The van der Waals surface area contributed by atoms with E-state index in [0.29, 0.717) is 10.0 Å². The molecule has 1 aromatic carbocycles. The fourth-order valence-electron chi connectivity index (χ4n) is 1.63. The number of nitrogens with zero attached hydrogens (tertiary/aromatic N) is 2. The monoisotopic (exact) mass is 402 g/mol. The van der Waals surface area contributed by atoms with E-state index in [0.717, 1.165) is 11.0 Å². The van der Waals surface area contributed by atoms with Crippen LogP contribution in [0, 0.1) is 6.92 Å². The Kier molecular flexibility index (Phi) is 7.63. The summed E-state index contributed by atoms with van der Waals surface area (Å²) in [5.74, 6) is -0.817. The van der Waals surface area contributed by atoms with Crippen molar-refractivity contribution in [1.29, 1.82) is 0 Å². The molecule has 0 unspecified atom stereocenters. The van der Waals surface area contributed by atoms with Crippen molar-refractivity contribution in [2.24, 2.45) is 4.40 Å². The zero-order valence-corrected chi connectivity index (χ0v) is 17.0. The molecule has 0 fully saturated rings. The number of pyridine rings is 1. The summed E-state index contributed by atoms with van der Waals surface area (Å²) < 4.78 is 27.5. The maximum atomic E-state index is 12.0. The van der Waals surface area contributed by atoms with Crippen molar-refractivity contribution >= 4 is 37.9 Å². The van der Waals surface area contributed by atoms with Gasteiger partial charge in [0.25, 0.3) is 10.0 Å². The smallest absolute Gasteiger partial charge is 0.858 e. The van der Waals surface area contributed by atoms with Gasteiger partial charge in [-0.2, -0.15) is 12.8 Å². The molecule has 0 radical (unpaired) electrons. The number of hydrogen-bond acceptors (Lipinski definition) is 4. The SMILES string of the molecule is Cc1ccc(/C([O-])=N/S(=O)(=O)/C=C/c2cccnc2)c(Br)c1.[Na+]. The average Bonchev–Trinajstić information content (AvgIpc) is 2.45. The molecule has 8 heteroatoms. The Morgan fingerprint density at radius 3 is 2.70 bits per heavy atom. The Labute approximate surface area is 165 Å². The third-order valence-corrected chi connectivity index (χ3v) is 4.24. The van der Waals surface area contributed by atoms with E-state index in [1.807, 2.05) is 6.92 Å². The predicted molar refractivity (Wildman–Crippen MR) is 87.6 cm³/mol. The molecule has 23 heavy (non-hydrogen) atoms. The maximum absolute atomic E-state index is 12.0. The van der Waals surface area contributed by atoms with Gasteiger partial charge in [0.15, 0.2) is 0 Å². The molecule has 0 aliphatic heterocycles. The van der Waals surface area contributed by atoms with Gasteiger partial charge in [-0.1, -0.05) is 34.1 Å². The van der Waals surface area contributed by atoms with Crippen molar-refractivity contribution in [3.05, 3.63) is 69.3 Å². The van der Waals surface area contributed by atoms with Gasteiger partial charge in [-0.25, -0.2) is 0 Å². The third-order valence-electron chi connectivity index (χ3n) is 2.68. The molecule has 2 rings (SSSR count). The zero-order valence-electron chi connectivity index (χ0n) is 12.6. The van der Waals surface area contributed by atoms with E-state index in [1.165, 1.54) is 18.3 Å². The van der Waals surface area contributed by atoms with Gasteiger partial charge in [0.05, 0.1) is 5.41 Å². The largest absolute Gasteiger partial charge is 1.00 e. The first kappa shape index (κ1) is 20.1. The molecule has 2 aromatic rings. The fourth-order valence-corrected chi connectivity index (χ4v) is 3.01. The van der Waals surface area contributed by atoms with Crippen LogP contribution in [0.5, 0.6) is 0 Å². The summed E-state index contributed by atoms with van der Waals surface area (Å²) in [5, 5.41) is 12.9. The standard InChI is InChI=1S/C15H13BrN2O3S.Na/c1-11-4-5-13(14(16)9-11)15(19)18-22(20,21)8-6-12-3-2-7-17-10-12;/h2-10H,1H3,(H,18,19);/q;+1/p-1/b8-6+;. The molecule has 1 aromatic heterocycles. The summed E-state index contributed by atoms with van der Waals surface area (Å²) in [6.07, 6.45) is 4.42. The summed E-state index contributed by atoms with van der Waals surface area (Å²) in [4.78, 5) is 3.86. The first-order valence-corrected chi connectivity index (χ1v) is 8.53. The average molecular weight is 403 g/mol. The van der Waals surface area contributed by atoms with Crippen molar-refractivity contribution in [2.75, 3.05) is 0 Å². The fraction of sp³-hybridized carbons (Fsp3) is 0.0667. The molecular weight excluding hydrogens is 391 g/mol. The third kappa shape index (κ3) is 6.19. The van der Waals surface area contributed by atoms with Gasteiger partial charge in [0.1, 0.15) is 0 Å². The summed E-state index contributed by atoms with van der Waals surface area (Å²) in [6.45, 7) is 1.86. The van der Waals surface area contributed by atoms with Crippen LogP contribution in [0.1, 0.15) is 16.7 Å². The van der Waals surface area contributed by atoms with Crippen LogP contribution in [0.15, 0.2) is 57.0 Å². The molecular formula is C15H12BrN2NaO3S. The molecule has 114 valence electrons. The second kappa shape index (κ2) is 8.75. The van der Waals surface area contributed by atoms with E-state index in [9.17, 15) is 13.5 Å². The second-order valence-electron chi connectivity index (χ2n) is 4.48. The molecule has 0 atom stereocenters. The van der Waals surface area contributed by atoms with Gasteiger partial charge in [-0.15, -0.1) is 0 Å². The first-order chi connectivity index (χ1) is 10.4. The van der Waals surface area contributed by atoms with Crippen molar-refractivity contribution < 1.29 is 43.1 Å². The Morgan fingerprint density at radius 2 is 2.09 bits per heavy atom. The summed E-state index contributed by atoms with van der Waals surface area (Å²) >= 11 is 3.23.